The third-order valence-electron chi connectivity index (χ3n) is 2.94. The van der Waals surface area contributed by atoms with Gasteiger partial charge >= 0.3 is 0 Å². The Morgan fingerprint density at radius 1 is 1.53 bits per heavy atom. The lowest BCUT2D eigenvalue weighted by Gasteiger charge is -2.34. The molecule has 84 valence electrons. The van der Waals surface area contributed by atoms with E-state index in [1.54, 1.807) is 0 Å². The van der Waals surface area contributed by atoms with Crippen molar-refractivity contribution in [2.75, 3.05) is 25.5 Å². The first-order valence-electron chi connectivity index (χ1n) is 5.40. The summed E-state index contributed by atoms with van der Waals surface area (Å²) in [5.74, 6) is 1.54. The zero-order valence-corrected chi connectivity index (χ0v) is 10.3. The van der Waals surface area contributed by atoms with Crippen LogP contribution in [-0.4, -0.2) is 40.4 Å². The zero-order valence-electron chi connectivity index (χ0n) is 9.53. The minimum Gasteiger partial charge on any atom is -0.357 e. The predicted molar refractivity (Wildman–Crippen MR) is 63.3 cm³/mol. The second kappa shape index (κ2) is 4.45. The Balaban J connectivity index is 1.94. The number of likely N-dealkylation sites (tertiary alicyclic amines) is 1. The van der Waals surface area contributed by atoms with Gasteiger partial charge in [0.1, 0.15) is 5.82 Å². The maximum Gasteiger partial charge on any atom is 0.202 e. The van der Waals surface area contributed by atoms with Gasteiger partial charge in [-0.2, -0.15) is 4.37 Å². The maximum absolute atomic E-state index is 4.34. The number of hydrogen-bond donors (Lipinski definition) is 1. The van der Waals surface area contributed by atoms with Crippen LogP contribution in [0.25, 0.3) is 0 Å². The van der Waals surface area contributed by atoms with Crippen molar-refractivity contribution in [1.82, 2.24) is 14.3 Å². The van der Waals surface area contributed by atoms with E-state index in [2.05, 4.69) is 33.5 Å². The van der Waals surface area contributed by atoms with Crippen LogP contribution in [-0.2, 0) is 0 Å². The number of hydrogen-bond acceptors (Lipinski definition) is 5. The van der Waals surface area contributed by atoms with Crippen molar-refractivity contribution in [1.29, 1.82) is 0 Å². The highest BCUT2D eigenvalue weighted by Crippen LogP contribution is 2.21. The Labute approximate surface area is 94.9 Å². The lowest BCUT2D eigenvalue weighted by molar-refractivity contribution is 0.206. The van der Waals surface area contributed by atoms with Crippen molar-refractivity contribution < 1.29 is 0 Å². The van der Waals surface area contributed by atoms with Crippen LogP contribution in [0.2, 0.25) is 0 Å². The molecule has 5 heteroatoms. The highest BCUT2D eigenvalue weighted by Gasteiger charge is 2.24. The van der Waals surface area contributed by atoms with E-state index in [0.29, 0.717) is 12.0 Å². The number of aromatic nitrogens is 2. The molecular formula is C10H18N4S. The Morgan fingerprint density at radius 2 is 2.33 bits per heavy atom. The van der Waals surface area contributed by atoms with E-state index >= 15 is 0 Å². The molecule has 1 N–H and O–H groups in total. The normalized spacial score (nSPS) is 27.9. The predicted octanol–water partition coefficient (Wildman–Crippen LogP) is 1.60. The van der Waals surface area contributed by atoms with E-state index in [9.17, 15) is 0 Å². The molecule has 2 atom stereocenters. The van der Waals surface area contributed by atoms with Crippen LogP contribution in [0.1, 0.15) is 19.2 Å². The molecule has 0 aromatic carbocycles. The van der Waals surface area contributed by atoms with E-state index in [-0.39, 0.29) is 0 Å². The van der Waals surface area contributed by atoms with E-state index < -0.39 is 0 Å². The topological polar surface area (TPSA) is 41.1 Å². The Bertz CT molecular complexity index is 325. The van der Waals surface area contributed by atoms with E-state index in [1.807, 2.05) is 6.92 Å². The van der Waals surface area contributed by atoms with Gasteiger partial charge in [-0.05, 0) is 32.9 Å². The van der Waals surface area contributed by atoms with Gasteiger partial charge in [0.05, 0.1) is 0 Å². The summed E-state index contributed by atoms with van der Waals surface area (Å²) in [5, 5.41) is 4.46. The van der Waals surface area contributed by atoms with Crippen molar-refractivity contribution in [2.45, 2.75) is 26.3 Å². The molecule has 0 amide bonds. The van der Waals surface area contributed by atoms with Crippen LogP contribution >= 0.6 is 11.5 Å². The standard InChI is InChI=1S/C10H18N4S/c1-7-6-14(3)5-4-9(7)12-10-11-8(2)13-15-10/h7,9H,4-6H2,1-3H3,(H,11,12,13). The number of rotatable bonds is 2. The highest BCUT2D eigenvalue weighted by atomic mass is 32.1. The minimum absolute atomic E-state index is 0.550. The Hall–Kier alpha value is -0.680. The molecule has 0 saturated carbocycles. The van der Waals surface area contributed by atoms with Gasteiger partial charge in [-0.15, -0.1) is 0 Å². The zero-order chi connectivity index (χ0) is 10.8. The summed E-state index contributed by atoms with van der Waals surface area (Å²) in [6, 6.07) is 0.550. The van der Waals surface area contributed by atoms with Crippen LogP contribution in [0.4, 0.5) is 5.13 Å². The highest BCUT2D eigenvalue weighted by molar-refractivity contribution is 7.09. The van der Waals surface area contributed by atoms with E-state index in [0.717, 1.165) is 17.5 Å². The summed E-state index contributed by atoms with van der Waals surface area (Å²) in [6.45, 7) is 6.55. The number of piperidine rings is 1. The molecule has 2 rings (SSSR count). The molecule has 1 fully saturated rings. The van der Waals surface area contributed by atoms with Crippen LogP contribution in [0.3, 0.4) is 0 Å². The molecule has 15 heavy (non-hydrogen) atoms. The average Bonchev–Trinajstić information content (AvgIpc) is 2.56. The summed E-state index contributed by atoms with van der Waals surface area (Å²) in [6.07, 6.45) is 1.19. The smallest absolute Gasteiger partial charge is 0.202 e. The number of aryl methyl sites for hydroxylation is 1. The third-order valence-corrected chi connectivity index (χ3v) is 3.68. The molecule has 1 aliphatic heterocycles. The van der Waals surface area contributed by atoms with Crippen LogP contribution in [0.5, 0.6) is 0 Å². The van der Waals surface area contributed by atoms with Crippen molar-refractivity contribution in [3.8, 4) is 0 Å². The fourth-order valence-corrected chi connectivity index (χ4v) is 2.72. The Morgan fingerprint density at radius 3 is 2.93 bits per heavy atom. The fourth-order valence-electron chi connectivity index (χ4n) is 2.08. The Kier molecular flexibility index (Phi) is 3.21. The van der Waals surface area contributed by atoms with Crippen LogP contribution < -0.4 is 5.32 Å². The van der Waals surface area contributed by atoms with Crippen LogP contribution in [0.15, 0.2) is 0 Å². The van der Waals surface area contributed by atoms with E-state index in [1.165, 1.54) is 24.5 Å². The monoisotopic (exact) mass is 226 g/mol. The summed E-state index contributed by atoms with van der Waals surface area (Å²) in [5.41, 5.74) is 0. The number of nitrogens with zero attached hydrogens (tertiary/aromatic N) is 3. The third kappa shape index (κ3) is 2.66. The van der Waals surface area contributed by atoms with Gasteiger partial charge in [0.2, 0.25) is 5.13 Å². The number of nitrogens with one attached hydrogen (secondary N) is 1. The molecule has 1 aliphatic rings. The first-order valence-corrected chi connectivity index (χ1v) is 6.18. The van der Waals surface area contributed by atoms with Gasteiger partial charge in [0.15, 0.2) is 0 Å². The van der Waals surface area contributed by atoms with Gasteiger partial charge in [-0.1, -0.05) is 6.92 Å². The summed E-state index contributed by atoms with van der Waals surface area (Å²) >= 11 is 1.46. The molecule has 0 spiro atoms. The van der Waals surface area contributed by atoms with Gasteiger partial charge in [-0.25, -0.2) is 4.98 Å². The lowest BCUT2D eigenvalue weighted by Crippen LogP contribution is -2.43. The molecule has 0 bridgehead atoms. The van der Waals surface area contributed by atoms with E-state index in [4.69, 9.17) is 0 Å². The van der Waals surface area contributed by atoms with Crippen LogP contribution in [0, 0.1) is 12.8 Å². The largest absolute Gasteiger partial charge is 0.357 e. The molecule has 1 aromatic rings. The molecular weight excluding hydrogens is 208 g/mol. The second-order valence-corrected chi connectivity index (χ2v) is 5.18. The van der Waals surface area contributed by atoms with Crippen molar-refractivity contribution in [3.05, 3.63) is 5.82 Å². The summed E-state index contributed by atoms with van der Waals surface area (Å²) < 4.78 is 4.18. The van der Waals surface area contributed by atoms with Crippen molar-refractivity contribution >= 4 is 16.7 Å². The first-order chi connectivity index (χ1) is 7.15. The molecule has 1 aromatic heterocycles. The van der Waals surface area contributed by atoms with Gasteiger partial charge in [-0.3, -0.25) is 0 Å². The molecule has 0 radical (unpaired) electrons. The minimum atomic E-state index is 0.550. The molecule has 2 heterocycles. The number of anilines is 1. The molecule has 4 nitrogen and oxygen atoms in total. The molecule has 2 unspecified atom stereocenters. The second-order valence-electron chi connectivity index (χ2n) is 4.43. The van der Waals surface area contributed by atoms with Gasteiger partial charge < -0.3 is 10.2 Å². The SMILES string of the molecule is Cc1nsc(NC2CCN(C)CC2C)n1. The van der Waals surface area contributed by atoms with Crippen molar-refractivity contribution in [3.63, 3.8) is 0 Å². The van der Waals surface area contributed by atoms with Gasteiger partial charge in [0, 0.05) is 24.1 Å². The van der Waals surface area contributed by atoms with Crippen molar-refractivity contribution in [2.24, 2.45) is 5.92 Å². The maximum atomic E-state index is 4.34. The quantitative estimate of drug-likeness (QED) is 0.831. The first kappa shape index (κ1) is 10.8. The molecule has 0 aliphatic carbocycles. The molecule has 1 saturated heterocycles. The lowest BCUT2D eigenvalue weighted by atomic mass is 9.94. The fraction of sp³-hybridized carbons (Fsp3) is 0.800. The van der Waals surface area contributed by atoms with Gasteiger partial charge in [0.25, 0.3) is 0 Å². The average molecular weight is 226 g/mol. The summed E-state index contributed by atoms with van der Waals surface area (Å²) in [4.78, 5) is 6.72. The summed E-state index contributed by atoms with van der Waals surface area (Å²) in [7, 11) is 2.18.